The normalized spacial score (nSPS) is 11.5. The lowest BCUT2D eigenvalue weighted by atomic mass is 10.1. The van der Waals surface area contributed by atoms with Crippen molar-refractivity contribution in [3.63, 3.8) is 0 Å². The average Bonchev–Trinajstić information content (AvgIpc) is 2.05. The van der Waals surface area contributed by atoms with Crippen molar-refractivity contribution in [3.05, 3.63) is 28.0 Å². The summed E-state index contributed by atoms with van der Waals surface area (Å²) in [6.45, 7) is 0. The maximum absolute atomic E-state index is 12.3. The molecule has 0 atom stereocenters. The third-order valence-corrected chi connectivity index (χ3v) is 2.54. The van der Waals surface area contributed by atoms with Crippen LogP contribution >= 0.6 is 15.9 Å². The van der Waals surface area contributed by atoms with Crippen LogP contribution < -0.4 is 0 Å². The Morgan fingerprint density at radius 3 is 2.53 bits per heavy atom. The first-order valence-electron chi connectivity index (χ1n) is 3.73. The van der Waals surface area contributed by atoms with Gasteiger partial charge in [-0.05, 0) is 21.5 Å². The van der Waals surface area contributed by atoms with Gasteiger partial charge < -0.3 is 5.11 Å². The lowest BCUT2D eigenvalue weighted by Gasteiger charge is -2.10. The molecule has 0 amide bonds. The van der Waals surface area contributed by atoms with E-state index in [2.05, 4.69) is 20.9 Å². The number of aromatic nitrogens is 1. The third-order valence-electron chi connectivity index (χ3n) is 1.60. The Kier molecular flexibility index (Phi) is 3.33. The fourth-order valence-corrected chi connectivity index (χ4v) is 1.54. The van der Waals surface area contributed by atoms with E-state index in [4.69, 9.17) is 5.11 Å². The van der Waals surface area contributed by atoms with Gasteiger partial charge in [-0.15, -0.1) is 0 Å². The molecular weight excluding hydrogens is 279 g/mol. The minimum atomic E-state index is -4.54. The first-order chi connectivity index (χ1) is 6.82. The van der Waals surface area contributed by atoms with Gasteiger partial charge in [-0.1, -0.05) is 0 Å². The lowest BCUT2D eigenvalue weighted by molar-refractivity contribution is -0.139. The summed E-state index contributed by atoms with van der Waals surface area (Å²) in [5.74, 6) is -1.21. The van der Waals surface area contributed by atoms with Crippen LogP contribution in [0.2, 0.25) is 0 Å². The van der Waals surface area contributed by atoms with Crippen LogP contribution in [0.1, 0.15) is 11.1 Å². The number of aliphatic carboxylic acids is 1. The number of halogens is 4. The average molecular weight is 284 g/mol. The van der Waals surface area contributed by atoms with Gasteiger partial charge in [-0.2, -0.15) is 13.2 Å². The van der Waals surface area contributed by atoms with Crippen LogP contribution in [0.15, 0.2) is 16.9 Å². The van der Waals surface area contributed by atoms with Gasteiger partial charge >= 0.3 is 12.1 Å². The van der Waals surface area contributed by atoms with E-state index in [0.717, 1.165) is 6.20 Å². The zero-order chi connectivity index (χ0) is 11.6. The molecule has 15 heavy (non-hydrogen) atoms. The summed E-state index contributed by atoms with van der Waals surface area (Å²) in [6, 6.07) is 0. The molecule has 1 N–H and O–H groups in total. The van der Waals surface area contributed by atoms with E-state index in [1.807, 2.05) is 0 Å². The second-order valence-electron chi connectivity index (χ2n) is 2.73. The largest absolute Gasteiger partial charge is 0.481 e. The molecule has 0 aliphatic heterocycles. The van der Waals surface area contributed by atoms with Crippen molar-refractivity contribution >= 4 is 21.9 Å². The van der Waals surface area contributed by atoms with Gasteiger partial charge in [0.05, 0.1) is 12.0 Å². The fraction of sp³-hybridized carbons (Fsp3) is 0.250. The topological polar surface area (TPSA) is 50.2 Å². The van der Waals surface area contributed by atoms with Crippen LogP contribution in [0.25, 0.3) is 0 Å². The van der Waals surface area contributed by atoms with Crippen molar-refractivity contribution in [1.29, 1.82) is 0 Å². The summed E-state index contributed by atoms with van der Waals surface area (Å²) in [5, 5.41) is 8.46. The highest BCUT2D eigenvalue weighted by Gasteiger charge is 2.34. The summed E-state index contributed by atoms with van der Waals surface area (Å²) in [5.41, 5.74) is -0.974. The zero-order valence-corrected chi connectivity index (χ0v) is 8.76. The van der Waals surface area contributed by atoms with E-state index in [1.54, 1.807) is 0 Å². The minimum absolute atomic E-state index is 0.00248. The zero-order valence-electron chi connectivity index (χ0n) is 7.18. The van der Waals surface area contributed by atoms with Gasteiger partial charge in [0.2, 0.25) is 0 Å². The van der Waals surface area contributed by atoms with Crippen molar-refractivity contribution in [2.24, 2.45) is 0 Å². The standard InChI is InChI=1S/C8H5BrF3NO2/c9-7-4(1-6(14)15)2-13-3-5(7)8(10,11)12/h2-3H,1H2,(H,14,15). The maximum atomic E-state index is 12.3. The minimum Gasteiger partial charge on any atom is -0.481 e. The summed E-state index contributed by atoms with van der Waals surface area (Å²) in [4.78, 5) is 13.7. The Morgan fingerprint density at radius 2 is 2.07 bits per heavy atom. The van der Waals surface area contributed by atoms with Crippen molar-refractivity contribution in [2.45, 2.75) is 12.6 Å². The van der Waals surface area contributed by atoms with Crippen LogP contribution in [0, 0.1) is 0 Å². The monoisotopic (exact) mass is 283 g/mol. The van der Waals surface area contributed by atoms with Crippen molar-refractivity contribution in [3.8, 4) is 0 Å². The SMILES string of the molecule is O=C(O)Cc1cncc(C(F)(F)F)c1Br. The molecule has 0 aliphatic rings. The van der Waals surface area contributed by atoms with Gasteiger partial charge in [-0.25, -0.2) is 0 Å². The van der Waals surface area contributed by atoms with Crippen molar-refractivity contribution in [1.82, 2.24) is 4.98 Å². The highest BCUT2D eigenvalue weighted by atomic mass is 79.9. The van der Waals surface area contributed by atoms with Gasteiger partial charge in [0.1, 0.15) is 0 Å². The number of rotatable bonds is 2. The van der Waals surface area contributed by atoms with E-state index in [1.165, 1.54) is 0 Å². The molecule has 0 aliphatic carbocycles. The van der Waals surface area contributed by atoms with E-state index in [-0.39, 0.29) is 10.0 Å². The van der Waals surface area contributed by atoms with Crippen LogP contribution in [0.3, 0.4) is 0 Å². The number of carboxylic acids is 1. The molecule has 1 heterocycles. The van der Waals surface area contributed by atoms with Crippen molar-refractivity contribution in [2.75, 3.05) is 0 Å². The predicted molar refractivity (Wildman–Crippen MR) is 48.3 cm³/mol. The second-order valence-corrected chi connectivity index (χ2v) is 3.52. The number of pyridine rings is 1. The Morgan fingerprint density at radius 1 is 1.47 bits per heavy atom. The number of hydrogen-bond acceptors (Lipinski definition) is 2. The van der Waals surface area contributed by atoms with Crippen LogP contribution in [0.4, 0.5) is 13.2 Å². The highest BCUT2D eigenvalue weighted by Crippen LogP contribution is 2.35. The first kappa shape index (κ1) is 12.0. The third kappa shape index (κ3) is 2.92. The van der Waals surface area contributed by atoms with E-state index < -0.39 is 24.1 Å². The van der Waals surface area contributed by atoms with Crippen LogP contribution in [0.5, 0.6) is 0 Å². The highest BCUT2D eigenvalue weighted by molar-refractivity contribution is 9.10. The molecule has 3 nitrogen and oxygen atoms in total. The molecule has 7 heteroatoms. The molecule has 82 valence electrons. The van der Waals surface area contributed by atoms with Crippen molar-refractivity contribution < 1.29 is 23.1 Å². The smallest absolute Gasteiger partial charge is 0.418 e. The molecule has 0 unspecified atom stereocenters. The Balaban J connectivity index is 3.17. The number of nitrogens with zero attached hydrogens (tertiary/aromatic N) is 1. The summed E-state index contributed by atoms with van der Waals surface area (Å²) < 4.78 is 36.8. The first-order valence-corrected chi connectivity index (χ1v) is 4.53. The number of carbonyl (C=O) groups is 1. The molecule has 0 aromatic carbocycles. The Hall–Kier alpha value is -1.11. The predicted octanol–water partition coefficient (Wildman–Crippen LogP) is 2.49. The van der Waals surface area contributed by atoms with E-state index in [9.17, 15) is 18.0 Å². The molecular formula is C8H5BrF3NO2. The molecule has 1 rings (SSSR count). The quantitative estimate of drug-likeness (QED) is 0.907. The number of alkyl halides is 3. The Labute approximate surface area is 91.1 Å². The summed E-state index contributed by atoms with van der Waals surface area (Å²) >= 11 is 2.72. The molecule has 0 saturated heterocycles. The number of hydrogen-bond donors (Lipinski definition) is 1. The second kappa shape index (κ2) is 4.18. The summed E-state index contributed by atoms with van der Waals surface area (Å²) in [6.07, 6.45) is -3.30. The Bertz CT molecular complexity index is 392. The fourth-order valence-electron chi connectivity index (χ4n) is 0.972. The van der Waals surface area contributed by atoms with Gasteiger partial charge in [0.25, 0.3) is 0 Å². The van der Waals surface area contributed by atoms with Crippen LogP contribution in [-0.4, -0.2) is 16.1 Å². The molecule has 1 aromatic heterocycles. The maximum Gasteiger partial charge on any atom is 0.418 e. The van der Waals surface area contributed by atoms with E-state index in [0.29, 0.717) is 6.20 Å². The summed E-state index contributed by atoms with van der Waals surface area (Å²) in [7, 11) is 0. The van der Waals surface area contributed by atoms with Gasteiger partial charge in [0.15, 0.2) is 0 Å². The molecule has 0 bridgehead atoms. The van der Waals surface area contributed by atoms with Gasteiger partial charge in [0, 0.05) is 16.9 Å². The molecule has 0 fully saturated rings. The molecule has 0 saturated carbocycles. The van der Waals surface area contributed by atoms with Crippen LogP contribution in [-0.2, 0) is 17.4 Å². The lowest BCUT2D eigenvalue weighted by Crippen LogP contribution is -2.10. The number of carboxylic acid groups (broad SMARTS) is 1. The molecule has 0 radical (unpaired) electrons. The molecule has 1 aromatic rings. The van der Waals surface area contributed by atoms with E-state index >= 15 is 0 Å². The van der Waals surface area contributed by atoms with Gasteiger partial charge in [-0.3, -0.25) is 9.78 Å². The molecule has 0 spiro atoms.